The van der Waals surface area contributed by atoms with E-state index in [0.717, 1.165) is 30.7 Å². The molecule has 186 valence electrons. The molecule has 3 atom stereocenters. The van der Waals surface area contributed by atoms with Crippen LogP contribution in [0.15, 0.2) is 54.6 Å². The van der Waals surface area contributed by atoms with Gasteiger partial charge in [0.1, 0.15) is 11.6 Å². The van der Waals surface area contributed by atoms with Gasteiger partial charge in [0.2, 0.25) is 0 Å². The molecule has 0 saturated carbocycles. The Labute approximate surface area is 209 Å². The van der Waals surface area contributed by atoms with Crippen molar-refractivity contribution < 1.29 is 19.1 Å². The molecular weight excluding hydrogens is 450 g/mol. The van der Waals surface area contributed by atoms with Gasteiger partial charge in [-0.3, -0.25) is 0 Å². The molecule has 0 aromatic heterocycles. The molecule has 0 spiro atoms. The van der Waals surface area contributed by atoms with Gasteiger partial charge in [0.05, 0.1) is 6.10 Å². The molecule has 0 bridgehead atoms. The third-order valence-corrected chi connectivity index (χ3v) is 5.69. The van der Waals surface area contributed by atoms with Crippen molar-refractivity contribution in [2.75, 3.05) is 0 Å². The Bertz CT molecular complexity index is 893. The molecule has 1 amide bonds. The maximum Gasteiger partial charge on any atom is 0.408 e. The zero-order valence-corrected chi connectivity index (χ0v) is 21.7. The van der Waals surface area contributed by atoms with E-state index in [-0.39, 0.29) is 12.1 Å². The molecular formula is C28H38ClNO4. The number of carbonyl (C=O) groups is 2. The molecule has 1 aliphatic rings. The van der Waals surface area contributed by atoms with Gasteiger partial charge in [0.15, 0.2) is 0 Å². The number of esters is 1. The minimum Gasteiger partial charge on any atom is -0.461 e. The fraction of sp³-hybridized carbons (Fsp3) is 0.500. The van der Waals surface area contributed by atoms with E-state index < -0.39 is 17.7 Å². The van der Waals surface area contributed by atoms with Crippen LogP contribution >= 0.6 is 11.6 Å². The van der Waals surface area contributed by atoms with Crippen molar-refractivity contribution in [2.45, 2.75) is 84.5 Å². The summed E-state index contributed by atoms with van der Waals surface area (Å²) < 4.78 is 10.8. The largest absolute Gasteiger partial charge is 0.461 e. The summed E-state index contributed by atoms with van der Waals surface area (Å²) in [5.41, 5.74) is 1.94. The molecule has 0 aliphatic carbocycles. The van der Waals surface area contributed by atoms with Crippen molar-refractivity contribution in [3.05, 3.63) is 70.7 Å². The monoisotopic (exact) mass is 487 g/mol. The molecule has 1 fully saturated rings. The van der Waals surface area contributed by atoms with Gasteiger partial charge in [0.25, 0.3) is 0 Å². The van der Waals surface area contributed by atoms with Crippen LogP contribution < -0.4 is 5.32 Å². The highest BCUT2D eigenvalue weighted by atomic mass is 35.5. The molecule has 2 aromatic rings. The first-order chi connectivity index (χ1) is 16.0. The van der Waals surface area contributed by atoms with Crippen LogP contribution in [0.1, 0.15) is 64.5 Å². The van der Waals surface area contributed by atoms with E-state index in [1.165, 1.54) is 11.1 Å². The molecule has 2 aromatic carbocycles. The summed E-state index contributed by atoms with van der Waals surface area (Å²) in [4.78, 5) is 24.4. The highest BCUT2D eigenvalue weighted by Crippen LogP contribution is 2.25. The van der Waals surface area contributed by atoms with Crippen LogP contribution in [-0.2, 0) is 20.7 Å². The third-order valence-electron chi connectivity index (χ3n) is 5.44. The first kappa shape index (κ1) is 27.7. The molecule has 1 N–H and O–H groups in total. The van der Waals surface area contributed by atoms with Gasteiger partial charge < -0.3 is 14.8 Å². The Morgan fingerprint density at radius 3 is 2.29 bits per heavy atom. The first-order valence-electron chi connectivity index (χ1n) is 12.0. The number of benzene rings is 2. The van der Waals surface area contributed by atoms with Gasteiger partial charge >= 0.3 is 12.1 Å². The van der Waals surface area contributed by atoms with E-state index in [9.17, 15) is 9.59 Å². The van der Waals surface area contributed by atoms with Crippen LogP contribution in [0.5, 0.6) is 0 Å². The second-order valence-corrected chi connectivity index (χ2v) is 10.4. The molecule has 5 nitrogen and oxygen atoms in total. The highest BCUT2D eigenvalue weighted by molar-refractivity contribution is 6.30. The molecule has 6 heteroatoms. The van der Waals surface area contributed by atoms with Crippen molar-refractivity contribution in [3.63, 3.8) is 0 Å². The van der Waals surface area contributed by atoms with Crippen molar-refractivity contribution >= 4 is 23.7 Å². The minimum atomic E-state index is -0.670. The average Bonchev–Trinajstić information content (AvgIpc) is 2.79. The highest BCUT2D eigenvalue weighted by Gasteiger charge is 2.29. The quantitative estimate of drug-likeness (QED) is 0.478. The van der Waals surface area contributed by atoms with E-state index in [1.54, 1.807) is 20.8 Å². The van der Waals surface area contributed by atoms with E-state index in [2.05, 4.69) is 24.4 Å². The van der Waals surface area contributed by atoms with Crippen molar-refractivity contribution in [3.8, 4) is 0 Å². The van der Waals surface area contributed by atoms with Gasteiger partial charge in [-0.15, -0.1) is 0 Å². The summed E-state index contributed by atoms with van der Waals surface area (Å²) in [6.45, 7) is 9.36. The fourth-order valence-corrected chi connectivity index (χ4v) is 4.02. The number of rotatable bonds is 3. The maximum atomic E-state index is 12.4. The predicted octanol–water partition coefficient (Wildman–Crippen LogP) is 6.89. The van der Waals surface area contributed by atoms with Crippen LogP contribution in [0, 0.1) is 12.8 Å². The van der Waals surface area contributed by atoms with E-state index >= 15 is 0 Å². The number of carbonyl (C=O) groups excluding carboxylic acids is 2. The Morgan fingerprint density at radius 2 is 1.74 bits per heavy atom. The third kappa shape index (κ3) is 11.1. The molecule has 1 saturated heterocycles. The Kier molecular flexibility index (Phi) is 10.9. The summed E-state index contributed by atoms with van der Waals surface area (Å²) in [6, 6.07) is 17.5. The standard InChI is InChI=1S/C21H30ClNO4.C7H8/c1-14-12-16(13-15-8-10-17(22)11-9-15)6-5-7-18(19(24)26-14)23-20(25)27-21(2,3)4;1-7-5-3-2-4-6-7/h8-11,14,16,18H,5-7,12-13H2,1-4H3,(H,23,25);2-6H,1H3/t14?,16?,18-;/m0./s1. The first-order valence-corrected chi connectivity index (χ1v) is 12.4. The van der Waals surface area contributed by atoms with Gasteiger partial charge in [-0.1, -0.05) is 66.0 Å². The fourth-order valence-electron chi connectivity index (χ4n) is 3.90. The molecule has 3 rings (SSSR count). The topological polar surface area (TPSA) is 64.6 Å². The minimum absolute atomic E-state index is 0.198. The summed E-state index contributed by atoms with van der Waals surface area (Å²) in [7, 11) is 0. The summed E-state index contributed by atoms with van der Waals surface area (Å²) in [5, 5.41) is 3.39. The van der Waals surface area contributed by atoms with E-state index in [4.69, 9.17) is 21.1 Å². The van der Waals surface area contributed by atoms with Crippen molar-refractivity contribution in [2.24, 2.45) is 5.92 Å². The smallest absolute Gasteiger partial charge is 0.408 e. The Balaban J connectivity index is 0.000000497. The predicted molar refractivity (Wildman–Crippen MR) is 137 cm³/mol. The van der Waals surface area contributed by atoms with Gasteiger partial charge in [0, 0.05) is 5.02 Å². The van der Waals surface area contributed by atoms with Gasteiger partial charge in [-0.05, 0) is 83.9 Å². The summed E-state index contributed by atoms with van der Waals surface area (Å²) >= 11 is 5.96. The van der Waals surface area contributed by atoms with E-state index in [1.807, 2.05) is 49.4 Å². The number of hydrogen-bond acceptors (Lipinski definition) is 4. The second kappa shape index (κ2) is 13.4. The van der Waals surface area contributed by atoms with Crippen LogP contribution in [0.25, 0.3) is 0 Å². The number of alkyl carbamates (subject to hydrolysis) is 1. The number of cyclic esters (lactones) is 1. The van der Waals surface area contributed by atoms with Gasteiger partial charge in [-0.25, -0.2) is 9.59 Å². The lowest BCUT2D eigenvalue weighted by Gasteiger charge is -2.23. The number of ether oxygens (including phenoxy) is 2. The Morgan fingerprint density at radius 1 is 1.09 bits per heavy atom. The number of nitrogens with one attached hydrogen (secondary N) is 1. The second-order valence-electron chi connectivity index (χ2n) is 9.96. The molecule has 1 heterocycles. The lowest BCUT2D eigenvalue weighted by molar-refractivity contribution is -0.151. The van der Waals surface area contributed by atoms with Crippen LogP contribution in [0.3, 0.4) is 0 Å². The maximum absolute atomic E-state index is 12.4. The molecule has 1 aliphatic heterocycles. The Hall–Kier alpha value is -2.53. The normalized spacial score (nSPS) is 21.0. The van der Waals surface area contributed by atoms with Crippen LogP contribution in [-0.4, -0.2) is 29.8 Å². The van der Waals surface area contributed by atoms with Gasteiger partial charge in [-0.2, -0.15) is 0 Å². The summed E-state index contributed by atoms with van der Waals surface area (Å²) in [5.74, 6) is 0.0229. The zero-order valence-electron chi connectivity index (χ0n) is 21.0. The number of amides is 1. The van der Waals surface area contributed by atoms with Crippen LogP contribution in [0.4, 0.5) is 4.79 Å². The van der Waals surface area contributed by atoms with Crippen molar-refractivity contribution in [1.82, 2.24) is 5.32 Å². The zero-order chi connectivity index (χ0) is 25.1. The van der Waals surface area contributed by atoms with E-state index in [0.29, 0.717) is 12.3 Å². The number of aryl methyl sites for hydroxylation is 1. The molecule has 2 unspecified atom stereocenters. The lowest BCUT2D eigenvalue weighted by atomic mass is 9.89. The molecule has 34 heavy (non-hydrogen) atoms. The summed E-state index contributed by atoms with van der Waals surface area (Å²) in [6.07, 6.45) is 3.28. The SMILES string of the molecule is CC1CC(Cc2ccc(Cl)cc2)CCC[C@H](NC(=O)OC(C)(C)C)C(=O)O1.Cc1ccccc1. The lowest BCUT2D eigenvalue weighted by Crippen LogP contribution is -2.44. The van der Waals surface area contributed by atoms with Crippen LogP contribution in [0.2, 0.25) is 5.02 Å². The van der Waals surface area contributed by atoms with Crippen molar-refractivity contribution in [1.29, 1.82) is 0 Å². The number of hydrogen-bond donors (Lipinski definition) is 1. The number of halogens is 1. The average molecular weight is 488 g/mol. The molecule has 0 radical (unpaired) electrons.